The number of hydrogen-bond acceptors (Lipinski definition) is 5. The highest BCUT2D eigenvalue weighted by atomic mass is 19.1. The van der Waals surface area contributed by atoms with E-state index in [9.17, 15) is 4.39 Å². The number of methoxy groups -OCH3 is 1. The lowest BCUT2D eigenvalue weighted by atomic mass is 9.88. The molecular formula is C13H19FN4O. The van der Waals surface area contributed by atoms with Crippen LogP contribution in [0.5, 0.6) is 0 Å². The summed E-state index contributed by atoms with van der Waals surface area (Å²) >= 11 is 0. The van der Waals surface area contributed by atoms with Gasteiger partial charge in [-0.05, 0) is 12.5 Å². The molecule has 104 valence electrons. The standard InChI is InChI=1S/C13H19FN4O/c1-3-6-13(14)9-18(8-5-10(13)19-2)12-16-7-4-11(15)17-12/h3-4,7,10H,1,5-6,8-9H2,2H3,(H2,15,16,17). The minimum absolute atomic E-state index is 0.182. The van der Waals surface area contributed by atoms with Gasteiger partial charge in [0.1, 0.15) is 5.82 Å². The van der Waals surface area contributed by atoms with Crippen LogP contribution in [0.15, 0.2) is 24.9 Å². The molecule has 1 aliphatic rings. The van der Waals surface area contributed by atoms with Gasteiger partial charge in [-0.1, -0.05) is 6.08 Å². The number of anilines is 2. The summed E-state index contributed by atoms with van der Waals surface area (Å²) in [5.74, 6) is 0.840. The van der Waals surface area contributed by atoms with E-state index in [4.69, 9.17) is 10.5 Å². The summed E-state index contributed by atoms with van der Waals surface area (Å²) in [5, 5.41) is 0. The number of nitrogens with zero attached hydrogens (tertiary/aromatic N) is 3. The topological polar surface area (TPSA) is 64.3 Å². The largest absolute Gasteiger partial charge is 0.384 e. The van der Waals surface area contributed by atoms with Gasteiger partial charge in [0.05, 0.1) is 12.6 Å². The van der Waals surface area contributed by atoms with E-state index in [1.807, 2.05) is 0 Å². The lowest BCUT2D eigenvalue weighted by Gasteiger charge is -2.42. The highest BCUT2D eigenvalue weighted by Gasteiger charge is 2.44. The summed E-state index contributed by atoms with van der Waals surface area (Å²) < 4.78 is 20.2. The maximum absolute atomic E-state index is 14.9. The number of rotatable bonds is 4. The number of nitrogen functional groups attached to an aromatic ring is 1. The fourth-order valence-electron chi connectivity index (χ4n) is 2.48. The van der Waals surface area contributed by atoms with Crippen molar-refractivity contribution >= 4 is 11.8 Å². The van der Waals surface area contributed by atoms with Crippen molar-refractivity contribution < 1.29 is 9.13 Å². The van der Waals surface area contributed by atoms with E-state index in [0.29, 0.717) is 24.7 Å². The van der Waals surface area contributed by atoms with Crippen molar-refractivity contribution in [3.8, 4) is 0 Å². The Morgan fingerprint density at radius 1 is 1.74 bits per heavy atom. The molecule has 0 bridgehead atoms. The van der Waals surface area contributed by atoms with E-state index in [2.05, 4.69) is 16.5 Å². The molecule has 2 unspecified atom stereocenters. The molecule has 0 aromatic carbocycles. The predicted octanol–water partition coefficient (Wildman–Crippen LogP) is 1.57. The van der Waals surface area contributed by atoms with Gasteiger partial charge in [-0.2, -0.15) is 4.98 Å². The molecule has 2 N–H and O–H groups in total. The van der Waals surface area contributed by atoms with E-state index < -0.39 is 11.8 Å². The summed E-state index contributed by atoms with van der Waals surface area (Å²) in [5.41, 5.74) is 4.16. The van der Waals surface area contributed by atoms with Crippen molar-refractivity contribution in [3.05, 3.63) is 24.9 Å². The van der Waals surface area contributed by atoms with Gasteiger partial charge in [0.15, 0.2) is 5.67 Å². The van der Waals surface area contributed by atoms with Crippen LogP contribution in [0.4, 0.5) is 16.2 Å². The molecule has 2 rings (SSSR count). The van der Waals surface area contributed by atoms with Crippen LogP contribution in [-0.2, 0) is 4.74 Å². The highest BCUT2D eigenvalue weighted by Crippen LogP contribution is 2.32. The molecule has 1 aromatic heterocycles. The van der Waals surface area contributed by atoms with Crippen molar-refractivity contribution in [2.45, 2.75) is 24.6 Å². The Labute approximate surface area is 112 Å². The second-order valence-corrected chi connectivity index (χ2v) is 4.74. The Morgan fingerprint density at radius 2 is 2.53 bits per heavy atom. The Hall–Kier alpha value is -1.69. The minimum Gasteiger partial charge on any atom is -0.384 e. The maximum Gasteiger partial charge on any atom is 0.227 e. The van der Waals surface area contributed by atoms with E-state index in [-0.39, 0.29) is 13.0 Å². The summed E-state index contributed by atoms with van der Waals surface area (Å²) in [7, 11) is 1.54. The molecule has 6 heteroatoms. The number of aromatic nitrogens is 2. The second-order valence-electron chi connectivity index (χ2n) is 4.74. The number of piperidine rings is 1. The quantitative estimate of drug-likeness (QED) is 0.838. The first kappa shape index (κ1) is 13.7. The molecule has 2 heterocycles. The fourth-order valence-corrected chi connectivity index (χ4v) is 2.48. The summed E-state index contributed by atoms with van der Waals surface area (Å²) in [6, 6.07) is 1.61. The molecule has 1 saturated heterocycles. The van der Waals surface area contributed by atoms with Gasteiger partial charge in [0.2, 0.25) is 5.95 Å². The molecule has 0 radical (unpaired) electrons. The SMILES string of the molecule is C=CCC1(F)CN(c2nccc(N)n2)CCC1OC. The predicted molar refractivity (Wildman–Crippen MR) is 72.7 cm³/mol. The number of nitrogens with two attached hydrogens (primary N) is 1. The van der Waals surface area contributed by atoms with Crippen LogP contribution >= 0.6 is 0 Å². The Bertz CT molecular complexity index is 456. The first-order valence-electron chi connectivity index (χ1n) is 6.25. The summed E-state index contributed by atoms with van der Waals surface area (Å²) in [6.45, 7) is 4.44. The van der Waals surface area contributed by atoms with Crippen LogP contribution in [0.3, 0.4) is 0 Å². The third-order valence-electron chi connectivity index (χ3n) is 3.41. The van der Waals surface area contributed by atoms with Crippen LogP contribution in [0, 0.1) is 0 Å². The number of alkyl halides is 1. The second kappa shape index (κ2) is 5.52. The highest BCUT2D eigenvalue weighted by molar-refractivity contribution is 5.39. The molecule has 1 fully saturated rings. The van der Waals surface area contributed by atoms with Crippen LogP contribution in [0.1, 0.15) is 12.8 Å². The molecule has 0 aliphatic carbocycles. The average molecular weight is 266 g/mol. The molecule has 2 atom stereocenters. The van der Waals surface area contributed by atoms with Crippen molar-refractivity contribution in [2.24, 2.45) is 0 Å². The van der Waals surface area contributed by atoms with Gasteiger partial charge in [0.25, 0.3) is 0 Å². The van der Waals surface area contributed by atoms with E-state index in [0.717, 1.165) is 0 Å². The molecule has 1 aromatic rings. The zero-order valence-electron chi connectivity index (χ0n) is 11.1. The first-order valence-corrected chi connectivity index (χ1v) is 6.25. The lowest BCUT2D eigenvalue weighted by Crippen LogP contribution is -2.55. The van der Waals surface area contributed by atoms with Gasteiger partial charge < -0.3 is 15.4 Å². The number of ether oxygens (including phenoxy) is 1. The molecule has 1 aliphatic heterocycles. The van der Waals surface area contributed by atoms with Crippen LogP contribution in [0.2, 0.25) is 0 Å². The van der Waals surface area contributed by atoms with Crippen LogP contribution in [-0.4, -0.2) is 41.9 Å². The summed E-state index contributed by atoms with van der Waals surface area (Å²) in [4.78, 5) is 10.1. The third kappa shape index (κ3) is 2.84. The monoisotopic (exact) mass is 266 g/mol. The normalized spacial score (nSPS) is 27.3. The number of allylic oxidation sites excluding steroid dienone is 1. The molecule has 0 saturated carbocycles. The first-order chi connectivity index (χ1) is 9.09. The molecule has 0 spiro atoms. The van der Waals surface area contributed by atoms with Gasteiger partial charge >= 0.3 is 0 Å². The fraction of sp³-hybridized carbons (Fsp3) is 0.538. The smallest absolute Gasteiger partial charge is 0.227 e. The lowest BCUT2D eigenvalue weighted by molar-refractivity contribution is -0.0471. The van der Waals surface area contributed by atoms with E-state index >= 15 is 0 Å². The zero-order valence-corrected chi connectivity index (χ0v) is 11.1. The van der Waals surface area contributed by atoms with Gasteiger partial charge in [0, 0.05) is 26.3 Å². The van der Waals surface area contributed by atoms with Gasteiger partial charge in [-0.15, -0.1) is 6.58 Å². The Balaban J connectivity index is 2.20. The van der Waals surface area contributed by atoms with E-state index in [1.54, 1.807) is 23.2 Å². The van der Waals surface area contributed by atoms with Gasteiger partial charge in [-0.25, -0.2) is 9.37 Å². The Kier molecular flexibility index (Phi) is 3.99. The molecule has 5 nitrogen and oxygen atoms in total. The average Bonchev–Trinajstić information content (AvgIpc) is 2.38. The maximum atomic E-state index is 14.9. The summed E-state index contributed by atoms with van der Waals surface area (Å²) in [6.07, 6.45) is 3.55. The Morgan fingerprint density at radius 3 is 3.16 bits per heavy atom. The van der Waals surface area contributed by atoms with Crippen molar-refractivity contribution in [1.82, 2.24) is 9.97 Å². The van der Waals surface area contributed by atoms with Crippen molar-refractivity contribution in [1.29, 1.82) is 0 Å². The van der Waals surface area contributed by atoms with Crippen LogP contribution < -0.4 is 10.6 Å². The molecule has 0 amide bonds. The van der Waals surface area contributed by atoms with Crippen LogP contribution in [0.25, 0.3) is 0 Å². The third-order valence-corrected chi connectivity index (χ3v) is 3.41. The van der Waals surface area contributed by atoms with E-state index in [1.165, 1.54) is 7.11 Å². The molecular weight excluding hydrogens is 247 g/mol. The number of halogens is 1. The zero-order chi connectivity index (χ0) is 13.9. The van der Waals surface area contributed by atoms with Crippen molar-refractivity contribution in [3.63, 3.8) is 0 Å². The minimum atomic E-state index is -1.47. The van der Waals surface area contributed by atoms with Crippen molar-refractivity contribution in [2.75, 3.05) is 30.8 Å². The van der Waals surface area contributed by atoms with Gasteiger partial charge in [-0.3, -0.25) is 0 Å². The number of hydrogen-bond donors (Lipinski definition) is 1. The molecule has 19 heavy (non-hydrogen) atoms.